The molecule has 2 nitrogen and oxygen atoms in total. The van der Waals surface area contributed by atoms with E-state index in [1.54, 1.807) is 0 Å². The Labute approximate surface area is 113 Å². The third-order valence-electron chi connectivity index (χ3n) is 3.98. The predicted molar refractivity (Wildman–Crippen MR) is 70.8 cm³/mol. The third-order valence-corrected chi connectivity index (χ3v) is 3.98. The fourth-order valence-corrected chi connectivity index (χ4v) is 2.81. The van der Waals surface area contributed by atoms with Gasteiger partial charge in [-0.25, -0.2) is 8.78 Å². The smallest absolute Gasteiger partial charge is 0.129 e. The molecule has 1 N–H and O–H groups in total. The summed E-state index contributed by atoms with van der Waals surface area (Å²) >= 11 is 0. The maximum atomic E-state index is 13.6. The van der Waals surface area contributed by atoms with Crippen LogP contribution in [0.15, 0.2) is 18.2 Å². The molecule has 1 unspecified atom stereocenters. The van der Waals surface area contributed by atoms with E-state index in [2.05, 4.69) is 4.90 Å². The van der Waals surface area contributed by atoms with E-state index in [1.807, 2.05) is 7.05 Å². The van der Waals surface area contributed by atoms with Crippen molar-refractivity contribution in [1.82, 2.24) is 4.90 Å². The lowest BCUT2D eigenvalue weighted by atomic mass is 9.94. The van der Waals surface area contributed by atoms with Gasteiger partial charge in [0.25, 0.3) is 0 Å². The lowest BCUT2D eigenvalue weighted by molar-refractivity contribution is 0.0888. The Bertz CT molecular complexity index is 419. The van der Waals surface area contributed by atoms with Gasteiger partial charge in [-0.1, -0.05) is 19.3 Å². The third kappa shape index (κ3) is 3.74. The maximum Gasteiger partial charge on any atom is 0.129 e. The second kappa shape index (κ2) is 6.44. The Hall–Kier alpha value is -1.00. The lowest BCUT2D eigenvalue weighted by Gasteiger charge is -2.32. The zero-order chi connectivity index (χ0) is 13.8. The summed E-state index contributed by atoms with van der Waals surface area (Å²) in [7, 11) is 1.94. The highest BCUT2D eigenvalue weighted by Crippen LogP contribution is 2.25. The van der Waals surface area contributed by atoms with E-state index in [-0.39, 0.29) is 5.56 Å². The predicted octanol–water partition coefficient (Wildman–Crippen LogP) is 3.26. The Balaban J connectivity index is 1.99. The van der Waals surface area contributed by atoms with E-state index in [4.69, 9.17) is 0 Å². The van der Waals surface area contributed by atoms with Gasteiger partial charge in [0.05, 0.1) is 6.10 Å². The normalized spacial score (nSPS) is 18.8. The minimum atomic E-state index is -0.984. The van der Waals surface area contributed by atoms with Crippen LogP contribution < -0.4 is 0 Å². The van der Waals surface area contributed by atoms with Gasteiger partial charge in [-0.15, -0.1) is 0 Å². The van der Waals surface area contributed by atoms with Gasteiger partial charge in [0.2, 0.25) is 0 Å². The van der Waals surface area contributed by atoms with Crippen molar-refractivity contribution in [2.24, 2.45) is 0 Å². The van der Waals surface area contributed by atoms with Crippen LogP contribution in [0.3, 0.4) is 0 Å². The van der Waals surface area contributed by atoms with Crippen LogP contribution >= 0.6 is 0 Å². The van der Waals surface area contributed by atoms with Crippen LogP contribution in [-0.2, 0) is 0 Å². The molecule has 19 heavy (non-hydrogen) atoms. The van der Waals surface area contributed by atoms with Crippen molar-refractivity contribution in [3.05, 3.63) is 35.4 Å². The molecule has 1 aromatic rings. The number of benzene rings is 1. The first kappa shape index (κ1) is 14.4. The molecule has 0 aromatic heterocycles. The Morgan fingerprint density at radius 2 is 1.95 bits per heavy atom. The van der Waals surface area contributed by atoms with Crippen molar-refractivity contribution in [2.75, 3.05) is 13.6 Å². The van der Waals surface area contributed by atoms with E-state index < -0.39 is 17.7 Å². The standard InChI is InChI=1S/C15H21F2NO/c1-18(12-5-3-2-4-6-12)10-15(19)13-9-11(16)7-8-14(13)17/h7-9,12,15,19H,2-6,10H2,1H3. The van der Waals surface area contributed by atoms with Crippen molar-refractivity contribution < 1.29 is 13.9 Å². The average molecular weight is 269 g/mol. The summed E-state index contributed by atoms with van der Waals surface area (Å²) in [4.78, 5) is 2.06. The highest BCUT2D eigenvalue weighted by atomic mass is 19.1. The fourth-order valence-electron chi connectivity index (χ4n) is 2.81. The molecule has 1 aliphatic carbocycles. The summed E-state index contributed by atoms with van der Waals surface area (Å²) in [5, 5.41) is 10.1. The van der Waals surface area contributed by atoms with E-state index in [1.165, 1.54) is 19.3 Å². The molecule has 0 spiro atoms. The second-order valence-electron chi connectivity index (χ2n) is 5.41. The molecule has 0 radical (unpaired) electrons. The van der Waals surface area contributed by atoms with Crippen molar-refractivity contribution in [2.45, 2.75) is 44.2 Å². The van der Waals surface area contributed by atoms with Crippen LogP contribution in [0.2, 0.25) is 0 Å². The number of halogens is 2. The van der Waals surface area contributed by atoms with Crippen LogP contribution in [-0.4, -0.2) is 29.6 Å². The van der Waals surface area contributed by atoms with Crippen molar-refractivity contribution in [3.63, 3.8) is 0 Å². The Kier molecular flexibility index (Phi) is 4.88. The van der Waals surface area contributed by atoms with Gasteiger partial charge in [0.15, 0.2) is 0 Å². The second-order valence-corrected chi connectivity index (χ2v) is 5.41. The van der Waals surface area contributed by atoms with Crippen LogP contribution in [0.4, 0.5) is 8.78 Å². The fraction of sp³-hybridized carbons (Fsp3) is 0.600. The van der Waals surface area contributed by atoms with Gasteiger partial charge in [0.1, 0.15) is 11.6 Å². The molecule has 4 heteroatoms. The van der Waals surface area contributed by atoms with E-state index >= 15 is 0 Å². The molecule has 106 valence electrons. The first-order valence-electron chi connectivity index (χ1n) is 6.91. The zero-order valence-electron chi connectivity index (χ0n) is 11.3. The van der Waals surface area contributed by atoms with Gasteiger partial charge in [0, 0.05) is 18.2 Å². The molecule has 2 rings (SSSR count). The van der Waals surface area contributed by atoms with Gasteiger partial charge < -0.3 is 10.0 Å². The number of rotatable bonds is 4. The lowest BCUT2D eigenvalue weighted by Crippen LogP contribution is -2.36. The minimum Gasteiger partial charge on any atom is -0.387 e. The van der Waals surface area contributed by atoms with Crippen LogP contribution in [0.5, 0.6) is 0 Å². The first-order valence-corrected chi connectivity index (χ1v) is 6.91. The summed E-state index contributed by atoms with van der Waals surface area (Å²) in [5.41, 5.74) is 0.0441. The highest BCUT2D eigenvalue weighted by Gasteiger charge is 2.22. The van der Waals surface area contributed by atoms with Gasteiger partial charge in [-0.2, -0.15) is 0 Å². The number of likely N-dealkylation sites (N-methyl/N-ethyl adjacent to an activating group) is 1. The molecule has 1 atom stereocenters. The largest absolute Gasteiger partial charge is 0.387 e. The quantitative estimate of drug-likeness (QED) is 0.907. The summed E-state index contributed by atoms with van der Waals surface area (Å²) in [5.74, 6) is -1.07. The van der Waals surface area contributed by atoms with Crippen molar-refractivity contribution in [3.8, 4) is 0 Å². The SMILES string of the molecule is CN(CC(O)c1cc(F)ccc1F)C1CCCCC1. The Morgan fingerprint density at radius 1 is 1.26 bits per heavy atom. The van der Waals surface area contributed by atoms with E-state index in [9.17, 15) is 13.9 Å². The number of aliphatic hydroxyl groups is 1. The molecule has 1 aliphatic rings. The van der Waals surface area contributed by atoms with E-state index in [0.717, 1.165) is 31.0 Å². The van der Waals surface area contributed by atoms with Crippen LogP contribution in [0.25, 0.3) is 0 Å². The zero-order valence-corrected chi connectivity index (χ0v) is 11.3. The summed E-state index contributed by atoms with van der Waals surface area (Å²) in [6, 6.07) is 3.65. The number of aliphatic hydroxyl groups excluding tert-OH is 1. The molecule has 1 aromatic carbocycles. The molecule has 0 amide bonds. The number of hydrogen-bond acceptors (Lipinski definition) is 2. The summed E-state index contributed by atoms with van der Waals surface area (Å²) in [6.45, 7) is 0.338. The highest BCUT2D eigenvalue weighted by molar-refractivity contribution is 5.21. The number of hydrogen-bond donors (Lipinski definition) is 1. The topological polar surface area (TPSA) is 23.5 Å². The van der Waals surface area contributed by atoms with Crippen LogP contribution in [0, 0.1) is 11.6 Å². The summed E-state index contributed by atoms with van der Waals surface area (Å²) in [6.07, 6.45) is 4.94. The molecule has 0 heterocycles. The molecule has 1 fully saturated rings. The summed E-state index contributed by atoms with van der Waals surface area (Å²) < 4.78 is 26.7. The van der Waals surface area contributed by atoms with E-state index in [0.29, 0.717) is 12.6 Å². The molecule has 1 saturated carbocycles. The molecule has 0 saturated heterocycles. The van der Waals surface area contributed by atoms with Crippen LogP contribution in [0.1, 0.15) is 43.8 Å². The van der Waals surface area contributed by atoms with Gasteiger partial charge in [-0.05, 0) is 38.1 Å². The maximum absolute atomic E-state index is 13.6. The molecule has 0 aliphatic heterocycles. The monoisotopic (exact) mass is 269 g/mol. The van der Waals surface area contributed by atoms with Gasteiger partial charge >= 0.3 is 0 Å². The van der Waals surface area contributed by atoms with Gasteiger partial charge in [-0.3, -0.25) is 0 Å². The molecule has 0 bridgehead atoms. The number of nitrogens with zero attached hydrogens (tertiary/aromatic N) is 1. The molecular formula is C15H21F2NO. The van der Waals surface area contributed by atoms with Crippen molar-refractivity contribution in [1.29, 1.82) is 0 Å². The van der Waals surface area contributed by atoms with Crippen molar-refractivity contribution >= 4 is 0 Å². The first-order chi connectivity index (χ1) is 9.08. The minimum absolute atomic E-state index is 0.0441. The average Bonchev–Trinajstić information content (AvgIpc) is 2.42. The Morgan fingerprint density at radius 3 is 2.63 bits per heavy atom. The molecular weight excluding hydrogens is 248 g/mol.